The molecule has 2 nitrogen and oxygen atoms in total. The van der Waals surface area contributed by atoms with Crippen molar-refractivity contribution >= 4 is 17.2 Å². The summed E-state index contributed by atoms with van der Waals surface area (Å²) in [6, 6.07) is 22.1. The minimum atomic E-state index is 0.0129. The van der Waals surface area contributed by atoms with Crippen LogP contribution in [0, 0.1) is 0 Å². The Kier molecular flexibility index (Phi) is 3.72. The summed E-state index contributed by atoms with van der Waals surface area (Å²) >= 11 is 1.80. The number of carbonyl (C=O) groups excluding carboxylic acids is 1. The van der Waals surface area contributed by atoms with E-state index in [1.807, 2.05) is 53.4 Å². The van der Waals surface area contributed by atoms with Crippen LogP contribution in [0.3, 0.4) is 0 Å². The normalized spacial score (nSPS) is 16.9. The van der Waals surface area contributed by atoms with Crippen LogP contribution >= 0.6 is 11.3 Å². The van der Waals surface area contributed by atoms with Crippen molar-refractivity contribution in [3.05, 3.63) is 93.7 Å². The van der Waals surface area contributed by atoms with E-state index >= 15 is 0 Å². The molecule has 1 aliphatic heterocycles. The monoisotopic (exact) mass is 319 g/mol. The number of hydrogen-bond donors (Lipinski definition) is 0. The van der Waals surface area contributed by atoms with Gasteiger partial charge in [0.2, 0.25) is 0 Å². The fourth-order valence-electron chi connectivity index (χ4n) is 3.28. The molecule has 1 amide bonds. The molecule has 3 heteroatoms. The molecule has 0 saturated carbocycles. The van der Waals surface area contributed by atoms with Crippen LogP contribution in [-0.2, 0) is 6.42 Å². The zero-order valence-corrected chi connectivity index (χ0v) is 13.5. The average Bonchev–Trinajstić information content (AvgIpc) is 3.10. The van der Waals surface area contributed by atoms with Crippen molar-refractivity contribution in [3.8, 4) is 0 Å². The first-order valence-corrected chi connectivity index (χ1v) is 8.70. The minimum Gasteiger partial charge on any atom is -0.327 e. The van der Waals surface area contributed by atoms with E-state index in [1.165, 1.54) is 16.0 Å². The van der Waals surface area contributed by atoms with Crippen molar-refractivity contribution in [3.63, 3.8) is 0 Å². The van der Waals surface area contributed by atoms with Crippen LogP contribution in [0.25, 0.3) is 0 Å². The van der Waals surface area contributed by atoms with Gasteiger partial charge in [-0.3, -0.25) is 4.79 Å². The molecule has 3 aromatic rings. The molecule has 1 aromatic heterocycles. The van der Waals surface area contributed by atoms with Gasteiger partial charge in [0.25, 0.3) is 5.91 Å². The van der Waals surface area contributed by atoms with Crippen LogP contribution in [0.5, 0.6) is 0 Å². The van der Waals surface area contributed by atoms with E-state index in [1.54, 1.807) is 11.3 Å². The van der Waals surface area contributed by atoms with Gasteiger partial charge in [-0.25, -0.2) is 0 Å². The molecule has 0 spiro atoms. The van der Waals surface area contributed by atoms with Crippen LogP contribution in [-0.4, -0.2) is 17.4 Å². The summed E-state index contributed by atoms with van der Waals surface area (Å²) in [4.78, 5) is 16.5. The Morgan fingerprint density at radius 1 is 0.957 bits per heavy atom. The molecule has 0 aliphatic carbocycles. The first-order valence-electron chi connectivity index (χ1n) is 7.82. The van der Waals surface area contributed by atoms with Gasteiger partial charge in [0.1, 0.15) is 0 Å². The quantitative estimate of drug-likeness (QED) is 0.679. The largest absolute Gasteiger partial charge is 0.327 e. The summed E-state index contributed by atoms with van der Waals surface area (Å²) in [5, 5.41) is 2.14. The molecule has 0 saturated heterocycles. The maximum Gasteiger partial charge on any atom is 0.254 e. The van der Waals surface area contributed by atoms with Crippen LogP contribution in [0.1, 0.15) is 32.4 Å². The maximum absolute atomic E-state index is 13.0. The Morgan fingerprint density at radius 2 is 1.65 bits per heavy atom. The van der Waals surface area contributed by atoms with Crippen LogP contribution < -0.4 is 0 Å². The third-order valence-electron chi connectivity index (χ3n) is 4.36. The molecule has 2 aromatic carbocycles. The third kappa shape index (κ3) is 2.57. The Labute approximate surface area is 140 Å². The lowest BCUT2D eigenvalue weighted by atomic mass is 9.92. The Bertz CT molecular complexity index is 810. The number of nitrogens with zero attached hydrogens (tertiary/aromatic N) is 1. The highest BCUT2D eigenvalue weighted by molar-refractivity contribution is 7.10. The lowest BCUT2D eigenvalue weighted by Crippen LogP contribution is -2.40. The number of benzene rings is 2. The second-order valence-corrected chi connectivity index (χ2v) is 6.73. The zero-order valence-electron chi connectivity index (χ0n) is 12.7. The molecule has 2 heterocycles. The molecule has 0 radical (unpaired) electrons. The molecule has 4 rings (SSSR count). The molecule has 0 fully saturated rings. The molecule has 1 atom stereocenters. The highest BCUT2D eigenvalue weighted by Gasteiger charge is 2.32. The van der Waals surface area contributed by atoms with Gasteiger partial charge in [-0.15, -0.1) is 11.3 Å². The highest BCUT2D eigenvalue weighted by Crippen LogP contribution is 2.38. The lowest BCUT2D eigenvalue weighted by Gasteiger charge is -2.36. The zero-order chi connectivity index (χ0) is 15.6. The van der Waals surface area contributed by atoms with E-state index in [4.69, 9.17) is 0 Å². The van der Waals surface area contributed by atoms with E-state index in [0.29, 0.717) is 0 Å². The first kappa shape index (κ1) is 14.2. The molecule has 0 unspecified atom stereocenters. The van der Waals surface area contributed by atoms with Gasteiger partial charge >= 0.3 is 0 Å². The number of amides is 1. The molecule has 114 valence electrons. The average molecular weight is 319 g/mol. The van der Waals surface area contributed by atoms with Crippen LogP contribution in [0.15, 0.2) is 72.1 Å². The summed E-state index contributed by atoms with van der Waals surface area (Å²) < 4.78 is 0. The van der Waals surface area contributed by atoms with E-state index in [2.05, 4.69) is 23.6 Å². The Balaban J connectivity index is 1.78. The van der Waals surface area contributed by atoms with Gasteiger partial charge in [-0.2, -0.15) is 0 Å². The Morgan fingerprint density at radius 3 is 2.39 bits per heavy atom. The summed E-state index contributed by atoms with van der Waals surface area (Å²) in [7, 11) is 0. The van der Waals surface area contributed by atoms with E-state index in [0.717, 1.165) is 18.5 Å². The summed E-state index contributed by atoms with van der Waals surface area (Å²) in [5.74, 6) is 0.108. The summed E-state index contributed by atoms with van der Waals surface area (Å²) in [5.41, 5.74) is 3.21. The van der Waals surface area contributed by atoms with Crippen molar-refractivity contribution in [1.29, 1.82) is 0 Å². The molecule has 0 N–H and O–H groups in total. The first-order chi connectivity index (χ1) is 11.3. The van der Waals surface area contributed by atoms with Gasteiger partial charge < -0.3 is 4.90 Å². The van der Waals surface area contributed by atoms with Crippen molar-refractivity contribution in [2.24, 2.45) is 0 Å². The van der Waals surface area contributed by atoms with Crippen LogP contribution in [0.4, 0.5) is 0 Å². The van der Waals surface area contributed by atoms with Crippen molar-refractivity contribution in [1.82, 2.24) is 4.90 Å². The summed E-state index contributed by atoms with van der Waals surface area (Å²) in [6.45, 7) is 0.765. The Hall–Kier alpha value is -2.39. The fraction of sp³-hybridized carbons (Fsp3) is 0.150. The van der Waals surface area contributed by atoms with Crippen molar-refractivity contribution in [2.75, 3.05) is 6.54 Å². The second-order valence-electron chi connectivity index (χ2n) is 5.73. The van der Waals surface area contributed by atoms with Crippen molar-refractivity contribution in [2.45, 2.75) is 12.5 Å². The number of thiophene rings is 1. The highest BCUT2D eigenvalue weighted by atomic mass is 32.1. The fourth-order valence-corrected chi connectivity index (χ4v) is 4.18. The molecular weight excluding hydrogens is 302 g/mol. The smallest absolute Gasteiger partial charge is 0.254 e. The topological polar surface area (TPSA) is 20.3 Å². The standard InChI is InChI=1S/C20H17NOS/c22-20(16-9-5-2-6-10-16)21-13-11-18-17(12-14-23-18)19(21)15-7-3-1-4-8-15/h1-10,12,14,19H,11,13H2/t19-/m0/s1. The van der Waals surface area contributed by atoms with Gasteiger partial charge in [0.05, 0.1) is 6.04 Å². The number of rotatable bonds is 2. The van der Waals surface area contributed by atoms with E-state index in [-0.39, 0.29) is 11.9 Å². The maximum atomic E-state index is 13.0. The third-order valence-corrected chi connectivity index (χ3v) is 5.36. The second kappa shape index (κ2) is 6.01. The van der Waals surface area contributed by atoms with E-state index < -0.39 is 0 Å². The molecule has 23 heavy (non-hydrogen) atoms. The lowest BCUT2D eigenvalue weighted by molar-refractivity contribution is 0.0696. The number of carbonyl (C=O) groups is 1. The molecule has 0 bridgehead atoms. The van der Waals surface area contributed by atoms with Gasteiger partial charge in [-0.05, 0) is 41.1 Å². The van der Waals surface area contributed by atoms with Gasteiger partial charge in [0.15, 0.2) is 0 Å². The number of fused-ring (bicyclic) bond motifs is 1. The number of hydrogen-bond acceptors (Lipinski definition) is 2. The molecular formula is C20H17NOS. The van der Waals surface area contributed by atoms with Crippen molar-refractivity contribution < 1.29 is 4.79 Å². The van der Waals surface area contributed by atoms with Gasteiger partial charge in [0, 0.05) is 17.0 Å². The predicted octanol–water partition coefficient (Wildman–Crippen LogP) is 4.54. The van der Waals surface area contributed by atoms with Crippen LogP contribution in [0.2, 0.25) is 0 Å². The minimum absolute atomic E-state index is 0.0129. The summed E-state index contributed by atoms with van der Waals surface area (Å²) in [6.07, 6.45) is 0.939. The van der Waals surface area contributed by atoms with E-state index in [9.17, 15) is 4.79 Å². The SMILES string of the molecule is O=C(c1ccccc1)N1CCc2sccc2[C@@H]1c1ccccc1. The molecule has 1 aliphatic rings. The van der Waals surface area contributed by atoms with Gasteiger partial charge in [-0.1, -0.05) is 48.5 Å². The predicted molar refractivity (Wildman–Crippen MR) is 93.8 cm³/mol.